The Bertz CT molecular complexity index is 424. The molecule has 0 saturated carbocycles. The number of anilines is 2. The largest absolute Gasteiger partial charge is 0.478 e. The fourth-order valence-electron chi connectivity index (χ4n) is 1.58. The average molecular weight is 267 g/mol. The molecule has 1 aromatic rings. The van der Waals surface area contributed by atoms with Gasteiger partial charge in [0.25, 0.3) is 0 Å². The van der Waals surface area contributed by atoms with Crippen molar-refractivity contribution in [1.29, 1.82) is 0 Å². The van der Waals surface area contributed by atoms with Crippen LogP contribution in [-0.2, 0) is 4.74 Å². The minimum atomic E-state index is -0.958. The number of benzene rings is 1. The highest BCUT2D eigenvalue weighted by molar-refractivity contribution is 5.90. The van der Waals surface area contributed by atoms with E-state index in [1.54, 1.807) is 19.2 Å². The molecule has 0 saturated heterocycles. The first-order chi connectivity index (χ1) is 9.04. The van der Waals surface area contributed by atoms with Crippen molar-refractivity contribution in [1.82, 2.24) is 4.90 Å². The molecule has 1 rings (SSSR count). The predicted octanol–water partition coefficient (Wildman–Crippen LogP) is 0.957. The highest BCUT2D eigenvalue weighted by atomic mass is 16.5. The van der Waals surface area contributed by atoms with Gasteiger partial charge in [-0.3, -0.25) is 0 Å². The smallest absolute Gasteiger partial charge is 0.335 e. The van der Waals surface area contributed by atoms with E-state index in [4.69, 9.17) is 15.6 Å². The third-order valence-corrected chi connectivity index (χ3v) is 2.79. The summed E-state index contributed by atoms with van der Waals surface area (Å²) in [6.07, 6.45) is 0. The number of nitrogen functional groups attached to an aromatic ring is 1. The lowest BCUT2D eigenvalue weighted by atomic mass is 10.1. The van der Waals surface area contributed by atoms with Crippen LogP contribution >= 0.6 is 0 Å². The zero-order valence-corrected chi connectivity index (χ0v) is 11.3. The van der Waals surface area contributed by atoms with Crippen LogP contribution in [0.25, 0.3) is 0 Å². The highest BCUT2D eigenvalue weighted by Gasteiger charge is 2.06. The maximum Gasteiger partial charge on any atom is 0.335 e. The first-order valence-electron chi connectivity index (χ1n) is 6.08. The molecular formula is C13H21N3O3. The van der Waals surface area contributed by atoms with E-state index < -0.39 is 5.97 Å². The number of carbonyl (C=O) groups is 1. The van der Waals surface area contributed by atoms with Crippen molar-refractivity contribution in [2.24, 2.45) is 0 Å². The molecule has 0 aromatic heterocycles. The molecule has 0 spiro atoms. The lowest BCUT2D eigenvalue weighted by Gasteiger charge is -2.17. The number of hydrogen-bond donors (Lipinski definition) is 3. The number of carboxylic acid groups (broad SMARTS) is 1. The molecule has 106 valence electrons. The second-order valence-corrected chi connectivity index (χ2v) is 4.33. The Balaban J connectivity index is 2.48. The summed E-state index contributed by atoms with van der Waals surface area (Å²) in [6, 6.07) is 4.64. The lowest BCUT2D eigenvalue weighted by molar-refractivity contribution is 0.0697. The maximum atomic E-state index is 10.9. The normalized spacial score (nSPS) is 10.7. The highest BCUT2D eigenvalue weighted by Crippen LogP contribution is 2.19. The Labute approximate surface area is 113 Å². The second kappa shape index (κ2) is 7.60. The van der Waals surface area contributed by atoms with Gasteiger partial charge in [-0.05, 0) is 25.2 Å². The number of methoxy groups -OCH3 is 1. The van der Waals surface area contributed by atoms with Gasteiger partial charge in [-0.25, -0.2) is 4.79 Å². The standard InChI is InChI=1S/C13H21N3O3/c1-16(7-8-19-2)6-5-15-12-9-10(13(17)18)3-4-11(12)14/h3-4,9,15H,5-8,14H2,1-2H3,(H,17,18). The van der Waals surface area contributed by atoms with E-state index in [0.29, 0.717) is 24.5 Å². The molecule has 0 aliphatic heterocycles. The molecule has 0 radical (unpaired) electrons. The maximum absolute atomic E-state index is 10.9. The number of rotatable bonds is 8. The summed E-state index contributed by atoms with van der Waals surface area (Å²) >= 11 is 0. The summed E-state index contributed by atoms with van der Waals surface area (Å²) in [5.41, 5.74) is 7.22. The van der Waals surface area contributed by atoms with E-state index >= 15 is 0 Å². The Morgan fingerprint density at radius 2 is 2.21 bits per heavy atom. The van der Waals surface area contributed by atoms with Crippen molar-refractivity contribution in [2.75, 3.05) is 51.4 Å². The van der Waals surface area contributed by atoms with Crippen LogP contribution in [0.4, 0.5) is 11.4 Å². The van der Waals surface area contributed by atoms with Crippen LogP contribution in [0.5, 0.6) is 0 Å². The molecule has 19 heavy (non-hydrogen) atoms. The number of ether oxygens (including phenoxy) is 1. The van der Waals surface area contributed by atoms with Gasteiger partial charge < -0.3 is 25.8 Å². The van der Waals surface area contributed by atoms with Gasteiger partial charge in [0.15, 0.2) is 0 Å². The van der Waals surface area contributed by atoms with Gasteiger partial charge in [0.2, 0.25) is 0 Å². The molecule has 0 amide bonds. The number of hydrogen-bond acceptors (Lipinski definition) is 5. The van der Waals surface area contributed by atoms with E-state index in [1.165, 1.54) is 6.07 Å². The van der Waals surface area contributed by atoms with Gasteiger partial charge in [0, 0.05) is 26.7 Å². The Morgan fingerprint density at radius 1 is 1.47 bits per heavy atom. The van der Waals surface area contributed by atoms with Crippen LogP contribution in [0.1, 0.15) is 10.4 Å². The fraction of sp³-hybridized carbons (Fsp3) is 0.462. The van der Waals surface area contributed by atoms with Gasteiger partial charge in [0.1, 0.15) is 0 Å². The van der Waals surface area contributed by atoms with Crippen molar-refractivity contribution >= 4 is 17.3 Å². The molecule has 0 unspecified atom stereocenters. The average Bonchev–Trinajstić information content (AvgIpc) is 2.38. The first-order valence-corrected chi connectivity index (χ1v) is 6.08. The Morgan fingerprint density at radius 3 is 2.84 bits per heavy atom. The minimum Gasteiger partial charge on any atom is -0.478 e. The summed E-state index contributed by atoms with van der Waals surface area (Å²) in [7, 11) is 3.67. The van der Waals surface area contributed by atoms with Gasteiger partial charge in [-0.2, -0.15) is 0 Å². The van der Waals surface area contributed by atoms with Crippen LogP contribution in [-0.4, -0.2) is 56.4 Å². The van der Waals surface area contributed by atoms with Crippen LogP contribution in [0.15, 0.2) is 18.2 Å². The number of nitrogens with zero attached hydrogens (tertiary/aromatic N) is 1. The second-order valence-electron chi connectivity index (χ2n) is 4.33. The summed E-state index contributed by atoms with van der Waals surface area (Å²) in [6.45, 7) is 3.05. The van der Waals surface area contributed by atoms with Crippen LogP contribution in [0.3, 0.4) is 0 Å². The van der Waals surface area contributed by atoms with E-state index in [1.807, 2.05) is 7.05 Å². The SMILES string of the molecule is COCCN(C)CCNc1cc(C(=O)O)ccc1N. The van der Waals surface area contributed by atoms with Crippen molar-refractivity contribution in [2.45, 2.75) is 0 Å². The summed E-state index contributed by atoms with van der Waals surface area (Å²) < 4.78 is 4.99. The number of carboxylic acids is 1. The minimum absolute atomic E-state index is 0.226. The van der Waals surface area contributed by atoms with E-state index in [2.05, 4.69) is 10.2 Å². The molecule has 0 heterocycles. The molecule has 4 N–H and O–H groups in total. The molecule has 0 atom stereocenters. The third kappa shape index (κ3) is 5.15. The lowest BCUT2D eigenvalue weighted by Crippen LogP contribution is -2.28. The van der Waals surface area contributed by atoms with Gasteiger partial charge in [-0.1, -0.05) is 0 Å². The van der Waals surface area contributed by atoms with E-state index in [-0.39, 0.29) is 5.56 Å². The summed E-state index contributed by atoms with van der Waals surface area (Å²) in [5, 5.41) is 12.1. The molecule has 0 fully saturated rings. The zero-order valence-electron chi connectivity index (χ0n) is 11.3. The summed E-state index contributed by atoms with van der Waals surface area (Å²) in [4.78, 5) is 13.0. The van der Waals surface area contributed by atoms with Gasteiger partial charge in [-0.15, -0.1) is 0 Å². The Kier molecular flexibility index (Phi) is 6.11. The van der Waals surface area contributed by atoms with E-state index in [9.17, 15) is 4.79 Å². The predicted molar refractivity (Wildman–Crippen MR) is 75.7 cm³/mol. The zero-order chi connectivity index (χ0) is 14.3. The fourth-order valence-corrected chi connectivity index (χ4v) is 1.58. The quantitative estimate of drug-likeness (QED) is 0.608. The Hall–Kier alpha value is -1.79. The molecular weight excluding hydrogens is 246 g/mol. The van der Waals surface area contributed by atoms with Crippen molar-refractivity contribution < 1.29 is 14.6 Å². The molecule has 0 aliphatic carbocycles. The number of nitrogens with two attached hydrogens (primary N) is 1. The van der Waals surface area contributed by atoms with Crippen molar-refractivity contribution in [3.63, 3.8) is 0 Å². The molecule has 6 nitrogen and oxygen atoms in total. The van der Waals surface area contributed by atoms with Crippen LogP contribution < -0.4 is 11.1 Å². The van der Waals surface area contributed by atoms with Crippen LogP contribution in [0.2, 0.25) is 0 Å². The van der Waals surface area contributed by atoms with E-state index in [0.717, 1.165) is 13.1 Å². The number of aromatic carboxylic acids is 1. The molecule has 1 aromatic carbocycles. The topological polar surface area (TPSA) is 87.8 Å². The molecule has 6 heteroatoms. The van der Waals surface area contributed by atoms with Gasteiger partial charge in [0.05, 0.1) is 23.5 Å². The molecule has 0 bridgehead atoms. The first kappa shape index (κ1) is 15.3. The number of nitrogens with one attached hydrogen (secondary N) is 1. The van der Waals surface area contributed by atoms with Crippen molar-refractivity contribution in [3.05, 3.63) is 23.8 Å². The third-order valence-electron chi connectivity index (χ3n) is 2.79. The number of likely N-dealkylation sites (N-methyl/N-ethyl adjacent to an activating group) is 1. The molecule has 0 aliphatic rings. The van der Waals surface area contributed by atoms with Crippen molar-refractivity contribution in [3.8, 4) is 0 Å². The summed E-state index contributed by atoms with van der Waals surface area (Å²) in [5.74, 6) is -0.958. The van der Waals surface area contributed by atoms with Gasteiger partial charge >= 0.3 is 5.97 Å². The van der Waals surface area contributed by atoms with Crippen LogP contribution in [0, 0.1) is 0 Å². The monoisotopic (exact) mass is 267 g/mol.